The van der Waals surface area contributed by atoms with Crippen molar-refractivity contribution in [3.63, 3.8) is 0 Å². The lowest BCUT2D eigenvalue weighted by molar-refractivity contribution is 0.349. The Hall–Kier alpha value is -0.990. The molecule has 0 saturated heterocycles. The van der Waals surface area contributed by atoms with Crippen LogP contribution in [0.2, 0.25) is 0 Å². The summed E-state index contributed by atoms with van der Waals surface area (Å²) in [4.78, 5) is 0. The highest BCUT2D eigenvalue weighted by Gasteiger charge is 1.97. The summed E-state index contributed by atoms with van der Waals surface area (Å²) in [6.45, 7) is 0. The van der Waals surface area contributed by atoms with E-state index < -0.39 is 8.25 Å². The van der Waals surface area contributed by atoms with E-state index in [1.165, 1.54) is 7.11 Å². The molecule has 0 spiro atoms. The fourth-order valence-corrected chi connectivity index (χ4v) is 1.09. The number of nitrogen functional groups attached to an aromatic ring is 1. The summed E-state index contributed by atoms with van der Waals surface area (Å²) in [5.41, 5.74) is 6.07. The minimum absolute atomic E-state index is 0.495. The van der Waals surface area contributed by atoms with E-state index in [9.17, 15) is 4.57 Å². The Labute approximate surface area is 71.2 Å². The minimum atomic E-state index is -2.38. The topological polar surface area (TPSA) is 61.5 Å². The zero-order chi connectivity index (χ0) is 8.97. The smallest absolute Gasteiger partial charge is 0.367 e. The maximum Gasteiger partial charge on any atom is 0.367 e. The van der Waals surface area contributed by atoms with Gasteiger partial charge in [-0.2, -0.15) is 0 Å². The van der Waals surface area contributed by atoms with Crippen LogP contribution in [-0.4, -0.2) is 7.11 Å². The summed E-state index contributed by atoms with van der Waals surface area (Å²) >= 11 is 0. The van der Waals surface area contributed by atoms with Gasteiger partial charge in [-0.05, 0) is 24.3 Å². The van der Waals surface area contributed by atoms with E-state index in [1.54, 1.807) is 24.3 Å². The standard InChI is InChI=1S/C7H10NO3P/c1-10-12(9)11-7-4-2-6(8)3-5-7/h2-5,12H,8H2,1H3. The van der Waals surface area contributed by atoms with Crippen molar-refractivity contribution in [2.75, 3.05) is 12.8 Å². The molecule has 1 aromatic rings. The van der Waals surface area contributed by atoms with E-state index in [0.29, 0.717) is 11.4 Å². The molecule has 0 saturated carbocycles. The molecule has 0 aliphatic carbocycles. The molecule has 1 aromatic carbocycles. The first-order valence-corrected chi connectivity index (χ1v) is 4.56. The van der Waals surface area contributed by atoms with E-state index in [-0.39, 0.29) is 0 Å². The molecule has 5 heteroatoms. The number of nitrogens with two attached hydrogens (primary N) is 1. The van der Waals surface area contributed by atoms with Crippen LogP contribution >= 0.6 is 8.25 Å². The van der Waals surface area contributed by atoms with Crippen LogP contribution in [0.1, 0.15) is 0 Å². The molecule has 0 aliphatic rings. The Morgan fingerprint density at radius 3 is 2.42 bits per heavy atom. The lowest BCUT2D eigenvalue weighted by Crippen LogP contribution is -1.85. The van der Waals surface area contributed by atoms with Crippen molar-refractivity contribution >= 4 is 13.9 Å². The molecule has 1 rings (SSSR count). The summed E-state index contributed by atoms with van der Waals surface area (Å²) in [7, 11) is -1.05. The molecule has 0 amide bonds. The third-order valence-electron chi connectivity index (χ3n) is 1.25. The lowest BCUT2D eigenvalue weighted by Gasteiger charge is -2.03. The number of benzene rings is 1. The van der Waals surface area contributed by atoms with Crippen LogP contribution in [-0.2, 0) is 9.09 Å². The molecule has 0 heterocycles. The molecular weight excluding hydrogens is 177 g/mol. The second-order valence-corrected chi connectivity index (χ2v) is 3.24. The summed E-state index contributed by atoms with van der Waals surface area (Å²) in [5.74, 6) is 0.495. The highest BCUT2D eigenvalue weighted by molar-refractivity contribution is 7.33. The Bertz CT molecular complexity index is 272. The van der Waals surface area contributed by atoms with Gasteiger partial charge in [-0.3, -0.25) is 0 Å². The first-order chi connectivity index (χ1) is 5.72. The summed E-state index contributed by atoms with van der Waals surface area (Å²) < 4.78 is 20.1. The van der Waals surface area contributed by atoms with Gasteiger partial charge in [0.2, 0.25) is 0 Å². The number of hydrogen-bond acceptors (Lipinski definition) is 4. The molecule has 66 valence electrons. The molecule has 0 aromatic heterocycles. The molecule has 2 N–H and O–H groups in total. The highest BCUT2D eigenvalue weighted by Crippen LogP contribution is 2.26. The maximum atomic E-state index is 10.8. The highest BCUT2D eigenvalue weighted by atomic mass is 31.1. The SMILES string of the molecule is CO[PH](=O)Oc1ccc(N)cc1. The average Bonchev–Trinajstić information content (AvgIpc) is 2.09. The predicted octanol–water partition coefficient (Wildman–Crippen LogP) is 1.68. The Morgan fingerprint density at radius 2 is 1.92 bits per heavy atom. The average molecular weight is 187 g/mol. The zero-order valence-electron chi connectivity index (χ0n) is 6.61. The van der Waals surface area contributed by atoms with E-state index in [4.69, 9.17) is 10.3 Å². The van der Waals surface area contributed by atoms with Crippen molar-refractivity contribution in [3.05, 3.63) is 24.3 Å². The van der Waals surface area contributed by atoms with Crippen LogP contribution < -0.4 is 10.3 Å². The van der Waals surface area contributed by atoms with E-state index in [0.717, 1.165) is 0 Å². The number of hydrogen-bond donors (Lipinski definition) is 1. The van der Waals surface area contributed by atoms with Crippen LogP contribution in [0, 0.1) is 0 Å². The normalized spacial score (nSPS) is 12.4. The first kappa shape index (κ1) is 9.10. The molecule has 0 fully saturated rings. The van der Waals surface area contributed by atoms with Gasteiger partial charge in [-0.25, -0.2) is 4.57 Å². The minimum Gasteiger partial charge on any atom is -0.426 e. The first-order valence-electron chi connectivity index (χ1n) is 3.33. The Kier molecular flexibility index (Phi) is 3.14. The van der Waals surface area contributed by atoms with Gasteiger partial charge in [0, 0.05) is 12.8 Å². The predicted molar refractivity (Wildman–Crippen MR) is 47.5 cm³/mol. The molecule has 4 nitrogen and oxygen atoms in total. The molecule has 1 atom stereocenters. The quantitative estimate of drug-likeness (QED) is 0.577. The van der Waals surface area contributed by atoms with Gasteiger partial charge in [0.05, 0.1) is 0 Å². The van der Waals surface area contributed by atoms with Gasteiger partial charge in [-0.1, -0.05) is 0 Å². The van der Waals surface area contributed by atoms with Crippen molar-refractivity contribution in [2.45, 2.75) is 0 Å². The van der Waals surface area contributed by atoms with Crippen LogP contribution in [0.15, 0.2) is 24.3 Å². The number of anilines is 1. The van der Waals surface area contributed by atoms with Gasteiger partial charge in [0.25, 0.3) is 0 Å². The van der Waals surface area contributed by atoms with Gasteiger partial charge in [0.15, 0.2) is 0 Å². The zero-order valence-corrected chi connectivity index (χ0v) is 7.61. The van der Waals surface area contributed by atoms with Crippen LogP contribution in [0.5, 0.6) is 5.75 Å². The van der Waals surface area contributed by atoms with Gasteiger partial charge < -0.3 is 14.8 Å². The second-order valence-electron chi connectivity index (χ2n) is 2.13. The van der Waals surface area contributed by atoms with Crippen molar-refractivity contribution in [2.24, 2.45) is 0 Å². The van der Waals surface area contributed by atoms with E-state index in [1.807, 2.05) is 0 Å². The van der Waals surface area contributed by atoms with Crippen molar-refractivity contribution in [3.8, 4) is 5.75 Å². The molecule has 0 aliphatic heterocycles. The molecule has 12 heavy (non-hydrogen) atoms. The van der Waals surface area contributed by atoms with Crippen molar-refractivity contribution < 1.29 is 13.6 Å². The summed E-state index contributed by atoms with van der Waals surface area (Å²) in [5, 5.41) is 0. The number of rotatable bonds is 3. The largest absolute Gasteiger partial charge is 0.426 e. The van der Waals surface area contributed by atoms with Crippen LogP contribution in [0.3, 0.4) is 0 Å². The monoisotopic (exact) mass is 187 g/mol. The van der Waals surface area contributed by atoms with Gasteiger partial charge in [0.1, 0.15) is 5.75 Å². The van der Waals surface area contributed by atoms with Crippen molar-refractivity contribution in [1.82, 2.24) is 0 Å². The van der Waals surface area contributed by atoms with Gasteiger partial charge >= 0.3 is 8.25 Å². The third-order valence-corrected chi connectivity index (χ3v) is 1.98. The van der Waals surface area contributed by atoms with Crippen LogP contribution in [0.4, 0.5) is 5.69 Å². The summed E-state index contributed by atoms with van der Waals surface area (Å²) in [6.07, 6.45) is 0. The van der Waals surface area contributed by atoms with E-state index in [2.05, 4.69) is 4.52 Å². The molecule has 0 bridgehead atoms. The fourth-order valence-electron chi connectivity index (χ4n) is 0.674. The van der Waals surface area contributed by atoms with E-state index >= 15 is 0 Å². The molecular formula is C7H10NO3P. The fraction of sp³-hybridized carbons (Fsp3) is 0.143. The molecule has 0 radical (unpaired) electrons. The maximum absolute atomic E-state index is 10.8. The molecule has 1 unspecified atom stereocenters. The lowest BCUT2D eigenvalue weighted by atomic mass is 10.3. The van der Waals surface area contributed by atoms with Gasteiger partial charge in [-0.15, -0.1) is 0 Å². The third kappa shape index (κ3) is 2.57. The van der Waals surface area contributed by atoms with Crippen molar-refractivity contribution in [1.29, 1.82) is 0 Å². The summed E-state index contributed by atoms with van der Waals surface area (Å²) in [6, 6.07) is 6.61. The Balaban J connectivity index is 2.64. The van der Waals surface area contributed by atoms with Crippen LogP contribution in [0.25, 0.3) is 0 Å². The Morgan fingerprint density at radius 1 is 1.33 bits per heavy atom. The second kappa shape index (κ2) is 4.14.